The number of hydrogen-bond donors (Lipinski definition) is 0. The summed E-state index contributed by atoms with van der Waals surface area (Å²) >= 11 is 0. The van der Waals surface area contributed by atoms with Gasteiger partial charge in [-0.15, -0.1) is 0 Å². The van der Waals surface area contributed by atoms with Gasteiger partial charge in [0.05, 0.1) is 0 Å². The molecule has 0 saturated heterocycles. The molecule has 0 aromatic rings. The highest BCUT2D eigenvalue weighted by atomic mass is 33.1. The van der Waals surface area contributed by atoms with E-state index >= 15 is 0 Å². The van der Waals surface area contributed by atoms with Crippen molar-refractivity contribution in [1.29, 1.82) is 0 Å². The van der Waals surface area contributed by atoms with E-state index in [0.29, 0.717) is 0 Å². The van der Waals surface area contributed by atoms with E-state index in [4.69, 9.17) is 0 Å². The van der Waals surface area contributed by atoms with Crippen LogP contribution in [0.5, 0.6) is 0 Å². The van der Waals surface area contributed by atoms with Crippen LogP contribution in [0.2, 0.25) is 0 Å². The molecule has 0 aromatic heterocycles. The third-order valence-electron chi connectivity index (χ3n) is 2.29. The van der Waals surface area contributed by atoms with Gasteiger partial charge in [0.2, 0.25) is 0 Å². The van der Waals surface area contributed by atoms with Crippen molar-refractivity contribution in [2.24, 2.45) is 0 Å². The largest absolute Gasteiger partial charge is 0.0973 e. The molecular weight excluding hydrogens is 320 g/mol. The normalized spacial score (nSPS) is 9.00. The Morgan fingerprint density at radius 3 is 0.800 bits per heavy atom. The van der Waals surface area contributed by atoms with E-state index < -0.39 is 0 Å². The fraction of sp³-hybridized carbons (Fsp3) is 1.00. The Labute approximate surface area is 147 Å². The summed E-state index contributed by atoms with van der Waals surface area (Å²) in [5.41, 5.74) is 0. The van der Waals surface area contributed by atoms with Gasteiger partial charge in [-0.05, 0) is 38.2 Å². The van der Waals surface area contributed by atoms with E-state index in [-0.39, 0.29) is 0 Å². The van der Waals surface area contributed by atoms with Crippen LogP contribution in [-0.4, -0.2) is 23.0 Å². The molecule has 0 aliphatic rings. The third kappa shape index (κ3) is 27.7. The summed E-state index contributed by atoms with van der Waals surface area (Å²) in [5, 5.41) is 1.76. The summed E-state index contributed by atoms with van der Waals surface area (Å²) in [6.07, 6.45) is 9.51. The molecule has 0 N–H and O–H groups in total. The van der Waals surface area contributed by atoms with E-state index in [9.17, 15) is 0 Å². The summed E-state index contributed by atoms with van der Waals surface area (Å²) in [4.78, 5) is 0. The first-order chi connectivity index (χ1) is 9.69. The highest BCUT2D eigenvalue weighted by Crippen LogP contribution is 2.28. The first-order valence-electron chi connectivity index (χ1n) is 8.08. The molecule has 4 heteroatoms. The lowest BCUT2D eigenvalue weighted by atomic mass is 10.3. The fourth-order valence-electron chi connectivity index (χ4n) is 1.12. The van der Waals surface area contributed by atoms with Crippen LogP contribution in [0.25, 0.3) is 0 Å². The van der Waals surface area contributed by atoms with Crippen LogP contribution < -0.4 is 0 Å². The van der Waals surface area contributed by atoms with Crippen LogP contribution in [0, 0.1) is 0 Å². The van der Waals surface area contributed by atoms with Crippen molar-refractivity contribution in [1.82, 2.24) is 0 Å². The van der Waals surface area contributed by atoms with E-state index in [1.54, 1.807) is 0 Å². The van der Waals surface area contributed by atoms with Gasteiger partial charge in [-0.1, -0.05) is 98.6 Å². The highest BCUT2D eigenvalue weighted by molar-refractivity contribution is 8.77. The van der Waals surface area contributed by atoms with Gasteiger partial charge in [0, 0.05) is 10.5 Å². The summed E-state index contributed by atoms with van der Waals surface area (Å²) in [6.45, 7) is 17.0. The average molecular weight is 361 g/mol. The molecular formula is C16H40S4. The first-order valence-corrected chi connectivity index (χ1v) is 13.3. The Kier molecular flexibility index (Phi) is 47.6. The summed E-state index contributed by atoms with van der Waals surface area (Å²) in [5.74, 6) is 0. The minimum absolute atomic E-state index is 0.880. The first kappa shape index (κ1) is 29.4. The van der Waals surface area contributed by atoms with Crippen molar-refractivity contribution >= 4 is 43.2 Å². The molecule has 0 amide bonds. The van der Waals surface area contributed by atoms with Gasteiger partial charge in [0.15, 0.2) is 0 Å². The second-order valence-electron chi connectivity index (χ2n) is 3.40. The van der Waals surface area contributed by atoms with E-state index in [0.717, 1.165) is 10.5 Å². The minimum Gasteiger partial charge on any atom is -0.0973 e. The van der Waals surface area contributed by atoms with Gasteiger partial charge in [-0.2, -0.15) is 0 Å². The number of rotatable bonds is 8. The molecule has 0 spiro atoms. The maximum Gasteiger partial charge on any atom is 0.0146 e. The van der Waals surface area contributed by atoms with E-state index in [1.165, 1.54) is 25.7 Å². The third-order valence-corrected chi connectivity index (χ3v) is 7.34. The molecule has 0 nitrogen and oxygen atoms in total. The van der Waals surface area contributed by atoms with Crippen molar-refractivity contribution in [2.75, 3.05) is 12.5 Å². The van der Waals surface area contributed by atoms with Gasteiger partial charge < -0.3 is 0 Å². The quantitative estimate of drug-likeness (QED) is 0.398. The van der Waals surface area contributed by atoms with Crippen LogP contribution in [-0.2, 0) is 0 Å². The van der Waals surface area contributed by atoms with Crippen LogP contribution in [0.3, 0.4) is 0 Å². The second kappa shape index (κ2) is 32.4. The predicted octanol–water partition coefficient (Wildman–Crippen LogP) is 8.42. The van der Waals surface area contributed by atoms with Gasteiger partial charge in [-0.25, -0.2) is 0 Å². The lowest BCUT2D eigenvalue weighted by Crippen LogP contribution is -1.93. The molecule has 0 fully saturated rings. The Morgan fingerprint density at radius 1 is 0.550 bits per heavy atom. The molecule has 0 rings (SSSR count). The fourth-order valence-corrected chi connectivity index (χ4v) is 5.48. The standard InChI is InChI=1S/2C6H14S2.2C2H6/c2*1-4-6(5-2)8-7-3;2*1-2/h2*6H,4-5H2,1-3H3;2*1-2H3. The van der Waals surface area contributed by atoms with E-state index in [1.807, 2.05) is 70.9 Å². The van der Waals surface area contributed by atoms with Crippen molar-refractivity contribution in [3.63, 3.8) is 0 Å². The zero-order chi connectivity index (χ0) is 16.8. The highest BCUT2D eigenvalue weighted by Gasteiger charge is 2.00. The smallest absolute Gasteiger partial charge is 0.0146 e. The molecule has 0 aliphatic carbocycles. The lowest BCUT2D eigenvalue weighted by molar-refractivity contribution is 0.797. The van der Waals surface area contributed by atoms with Gasteiger partial charge in [0.1, 0.15) is 0 Å². The maximum atomic E-state index is 2.25. The van der Waals surface area contributed by atoms with Crippen LogP contribution in [0.15, 0.2) is 0 Å². The van der Waals surface area contributed by atoms with Crippen molar-refractivity contribution in [2.45, 2.75) is 91.6 Å². The van der Waals surface area contributed by atoms with Crippen molar-refractivity contribution in [3.05, 3.63) is 0 Å². The molecule has 0 radical (unpaired) electrons. The summed E-state index contributed by atoms with van der Waals surface area (Å²) < 4.78 is 0. The molecule has 0 heterocycles. The molecule has 0 aliphatic heterocycles. The monoisotopic (exact) mass is 360 g/mol. The van der Waals surface area contributed by atoms with Crippen LogP contribution in [0.1, 0.15) is 81.1 Å². The Balaban J connectivity index is -0.000000102. The molecule has 128 valence electrons. The molecule has 20 heavy (non-hydrogen) atoms. The van der Waals surface area contributed by atoms with E-state index in [2.05, 4.69) is 40.2 Å². The molecule has 0 unspecified atom stereocenters. The molecule has 0 bridgehead atoms. The van der Waals surface area contributed by atoms with Crippen LogP contribution in [0.4, 0.5) is 0 Å². The van der Waals surface area contributed by atoms with Crippen molar-refractivity contribution in [3.8, 4) is 0 Å². The number of hydrogen-bond acceptors (Lipinski definition) is 4. The average Bonchev–Trinajstić information content (AvgIpc) is 2.54. The summed E-state index contributed by atoms with van der Waals surface area (Å²) in [7, 11) is 7.74. The Morgan fingerprint density at radius 2 is 0.750 bits per heavy atom. The molecule has 0 aromatic carbocycles. The molecule has 0 saturated carbocycles. The zero-order valence-corrected chi connectivity index (χ0v) is 18.9. The second-order valence-corrected chi connectivity index (χ2v) is 8.94. The topological polar surface area (TPSA) is 0 Å². The SMILES string of the molecule is CC.CC.CCC(CC)SSC.CCC(CC)SSC. The summed E-state index contributed by atoms with van der Waals surface area (Å²) in [6, 6.07) is 0. The minimum atomic E-state index is 0.880. The van der Waals surface area contributed by atoms with Gasteiger partial charge >= 0.3 is 0 Å². The lowest BCUT2D eigenvalue weighted by Gasteiger charge is -2.07. The van der Waals surface area contributed by atoms with Crippen LogP contribution >= 0.6 is 43.2 Å². The maximum absolute atomic E-state index is 2.25. The van der Waals surface area contributed by atoms with Crippen molar-refractivity contribution < 1.29 is 0 Å². The van der Waals surface area contributed by atoms with Gasteiger partial charge in [0.25, 0.3) is 0 Å². The Hall–Kier alpha value is 1.40. The Bertz CT molecular complexity index is 99.0. The molecule has 0 atom stereocenters. The zero-order valence-electron chi connectivity index (χ0n) is 15.6. The van der Waals surface area contributed by atoms with Gasteiger partial charge in [-0.3, -0.25) is 0 Å². The predicted molar refractivity (Wildman–Crippen MR) is 114 cm³/mol.